The van der Waals surface area contributed by atoms with Gasteiger partial charge in [0.15, 0.2) is 0 Å². The van der Waals surface area contributed by atoms with E-state index in [1.54, 1.807) is 30.1 Å². The summed E-state index contributed by atoms with van der Waals surface area (Å²) < 4.78 is 12.2. The predicted molar refractivity (Wildman–Crippen MR) is 142 cm³/mol. The van der Waals surface area contributed by atoms with Crippen LogP contribution in [-0.4, -0.2) is 75.7 Å². The minimum absolute atomic E-state index is 0.0994. The normalized spacial score (nSPS) is 32.3. The maximum Gasteiger partial charge on any atom is 0.313 e. The molecule has 1 unspecified atom stereocenters. The Morgan fingerprint density at radius 3 is 2.31 bits per heavy atom. The van der Waals surface area contributed by atoms with E-state index < -0.39 is 41.1 Å². The molecule has 2 aromatic rings. The molecule has 2 amide bonds. The van der Waals surface area contributed by atoms with Gasteiger partial charge in [-0.3, -0.25) is 14.4 Å². The molecule has 1 spiro atoms. The standard InChI is InChI=1S/C31H32N2O6/c1-30-14-9-17-38-29(37)25(30)24-27(35)33(23(20-34)18-21-10-4-2-5-11-21)26-28(36)32(16-8-15-31(24,26)39-30)19-22-12-6-3-7-13-22/h2-15,23-26,34H,16-20H2,1H3/t23-,24+,25+,26?,30-,31+/m1/s1. The third-order valence-electron chi connectivity index (χ3n) is 8.47. The number of rotatable bonds is 6. The van der Waals surface area contributed by atoms with Gasteiger partial charge in [-0.25, -0.2) is 0 Å². The second-order valence-corrected chi connectivity index (χ2v) is 10.9. The first-order valence-electron chi connectivity index (χ1n) is 13.4. The average molecular weight is 529 g/mol. The van der Waals surface area contributed by atoms with Crippen LogP contribution in [-0.2, 0) is 36.8 Å². The SMILES string of the molecule is C[C@@]12C=CCOC(=O)[C@@H]1[C@H]1C(=O)N([C@@H](CO)Cc3ccccc3)C3C(=O)N(Cc4ccccc4)CC=C[C@@]31O2. The third kappa shape index (κ3) is 4.10. The zero-order chi connectivity index (χ0) is 27.2. The smallest absolute Gasteiger partial charge is 0.313 e. The molecule has 6 rings (SSSR count). The highest BCUT2D eigenvalue weighted by atomic mass is 16.6. The summed E-state index contributed by atoms with van der Waals surface area (Å²) in [5, 5.41) is 10.6. The monoisotopic (exact) mass is 528 g/mol. The molecule has 0 radical (unpaired) electrons. The molecule has 4 heterocycles. The van der Waals surface area contributed by atoms with Crippen LogP contribution in [0.15, 0.2) is 85.0 Å². The quantitative estimate of drug-likeness (QED) is 0.457. The number of nitrogens with zero attached hydrogens (tertiary/aromatic N) is 2. The van der Waals surface area contributed by atoms with E-state index in [1.807, 2.05) is 66.7 Å². The maximum atomic E-state index is 14.5. The third-order valence-corrected chi connectivity index (χ3v) is 8.47. The molecule has 6 atom stereocenters. The maximum absolute atomic E-state index is 14.5. The minimum Gasteiger partial charge on any atom is -0.461 e. The van der Waals surface area contributed by atoms with Crippen LogP contribution in [0, 0.1) is 11.8 Å². The van der Waals surface area contributed by atoms with E-state index >= 15 is 0 Å². The van der Waals surface area contributed by atoms with Gasteiger partial charge < -0.3 is 24.4 Å². The van der Waals surface area contributed by atoms with E-state index in [1.165, 1.54) is 4.90 Å². The fourth-order valence-electron chi connectivity index (χ4n) is 6.82. The Morgan fingerprint density at radius 2 is 1.62 bits per heavy atom. The highest BCUT2D eigenvalue weighted by molar-refractivity contribution is 5.99. The largest absolute Gasteiger partial charge is 0.461 e. The van der Waals surface area contributed by atoms with Crippen molar-refractivity contribution in [1.29, 1.82) is 0 Å². The Labute approximate surface area is 227 Å². The summed E-state index contributed by atoms with van der Waals surface area (Å²) in [5.74, 6) is -3.07. The highest BCUT2D eigenvalue weighted by Gasteiger charge is 2.75. The molecule has 0 aromatic heterocycles. The number of likely N-dealkylation sites (tertiary alicyclic amines) is 1. The van der Waals surface area contributed by atoms with Crippen LogP contribution in [0.5, 0.6) is 0 Å². The molecular weight excluding hydrogens is 496 g/mol. The number of hydrogen-bond acceptors (Lipinski definition) is 6. The predicted octanol–water partition coefficient (Wildman–Crippen LogP) is 2.27. The van der Waals surface area contributed by atoms with Crippen LogP contribution in [0.3, 0.4) is 0 Å². The van der Waals surface area contributed by atoms with Crippen molar-refractivity contribution in [2.24, 2.45) is 11.8 Å². The number of aliphatic hydroxyl groups excluding tert-OH is 1. The summed E-state index contributed by atoms with van der Waals surface area (Å²) in [4.78, 5) is 45.4. The highest BCUT2D eigenvalue weighted by Crippen LogP contribution is 2.57. The zero-order valence-corrected chi connectivity index (χ0v) is 21.8. The summed E-state index contributed by atoms with van der Waals surface area (Å²) in [6.07, 6.45) is 7.52. The molecule has 0 aliphatic carbocycles. The van der Waals surface area contributed by atoms with Crippen molar-refractivity contribution in [3.63, 3.8) is 0 Å². The fourth-order valence-corrected chi connectivity index (χ4v) is 6.82. The van der Waals surface area contributed by atoms with Crippen molar-refractivity contribution < 1.29 is 29.0 Å². The molecular formula is C31H32N2O6. The molecule has 0 bridgehead atoms. The number of benzene rings is 2. The van der Waals surface area contributed by atoms with Gasteiger partial charge in [-0.2, -0.15) is 0 Å². The lowest BCUT2D eigenvalue weighted by atomic mass is 9.75. The van der Waals surface area contributed by atoms with Crippen molar-refractivity contribution in [2.45, 2.75) is 43.2 Å². The van der Waals surface area contributed by atoms with Gasteiger partial charge in [-0.1, -0.05) is 78.9 Å². The van der Waals surface area contributed by atoms with E-state index in [0.717, 1.165) is 11.1 Å². The first kappa shape index (κ1) is 25.5. The number of carbonyl (C=O) groups excluding carboxylic acids is 3. The van der Waals surface area contributed by atoms with Gasteiger partial charge in [0.25, 0.3) is 0 Å². The molecule has 0 saturated carbocycles. The number of aliphatic hydroxyl groups is 1. The molecule has 2 fully saturated rings. The molecule has 8 heteroatoms. The van der Waals surface area contributed by atoms with Gasteiger partial charge in [-0.15, -0.1) is 0 Å². The Bertz CT molecular complexity index is 1330. The molecule has 202 valence electrons. The van der Waals surface area contributed by atoms with Gasteiger partial charge >= 0.3 is 5.97 Å². The Balaban J connectivity index is 1.46. The van der Waals surface area contributed by atoms with Crippen LogP contribution in [0.1, 0.15) is 18.1 Å². The second-order valence-electron chi connectivity index (χ2n) is 10.9. The lowest BCUT2D eigenvalue weighted by Gasteiger charge is -2.40. The van der Waals surface area contributed by atoms with Crippen LogP contribution < -0.4 is 0 Å². The van der Waals surface area contributed by atoms with Crippen molar-refractivity contribution in [1.82, 2.24) is 9.80 Å². The molecule has 2 aromatic carbocycles. The molecule has 4 aliphatic rings. The second kappa shape index (κ2) is 9.77. The van der Waals surface area contributed by atoms with Gasteiger partial charge in [0.1, 0.15) is 24.2 Å². The molecule has 2 saturated heterocycles. The van der Waals surface area contributed by atoms with Crippen molar-refractivity contribution >= 4 is 17.8 Å². The Morgan fingerprint density at radius 1 is 0.923 bits per heavy atom. The minimum atomic E-state index is -1.39. The average Bonchev–Trinajstić information content (AvgIpc) is 3.21. The van der Waals surface area contributed by atoms with Crippen LogP contribution in [0.2, 0.25) is 0 Å². The Hall–Kier alpha value is -3.75. The first-order chi connectivity index (χ1) is 18.9. The fraction of sp³-hybridized carbons (Fsp3) is 0.387. The molecule has 39 heavy (non-hydrogen) atoms. The van der Waals surface area contributed by atoms with Crippen molar-refractivity contribution in [3.05, 3.63) is 96.1 Å². The zero-order valence-electron chi connectivity index (χ0n) is 21.8. The summed E-state index contributed by atoms with van der Waals surface area (Å²) in [5.41, 5.74) is -0.618. The van der Waals surface area contributed by atoms with E-state index in [9.17, 15) is 19.5 Å². The topological polar surface area (TPSA) is 96.4 Å². The van der Waals surface area contributed by atoms with Gasteiger partial charge in [0, 0.05) is 13.1 Å². The van der Waals surface area contributed by atoms with E-state index in [-0.39, 0.29) is 25.0 Å². The van der Waals surface area contributed by atoms with E-state index in [0.29, 0.717) is 19.5 Å². The van der Waals surface area contributed by atoms with Crippen molar-refractivity contribution in [3.8, 4) is 0 Å². The van der Waals surface area contributed by atoms with Crippen LogP contribution in [0.4, 0.5) is 0 Å². The number of fused-ring (bicyclic) bond motifs is 2. The summed E-state index contributed by atoms with van der Waals surface area (Å²) in [6.45, 7) is 2.22. The number of esters is 1. The number of ether oxygens (including phenoxy) is 2. The van der Waals surface area contributed by atoms with Gasteiger partial charge in [0.2, 0.25) is 11.8 Å². The lowest BCUT2D eigenvalue weighted by Crippen LogP contribution is -2.59. The molecule has 4 aliphatic heterocycles. The number of cyclic esters (lactones) is 1. The molecule has 8 nitrogen and oxygen atoms in total. The summed E-state index contributed by atoms with van der Waals surface area (Å²) in [7, 11) is 0. The van der Waals surface area contributed by atoms with Crippen LogP contribution >= 0.6 is 0 Å². The van der Waals surface area contributed by atoms with E-state index in [2.05, 4.69) is 0 Å². The van der Waals surface area contributed by atoms with Gasteiger partial charge in [-0.05, 0) is 30.5 Å². The van der Waals surface area contributed by atoms with Crippen molar-refractivity contribution in [2.75, 3.05) is 19.8 Å². The Kier molecular flexibility index (Phi) is 6.40. The summed E-state index contributed by atoms with van der Waals surface area (Å²) >= 11 is 0. The van der Waals surface area contributed by atoms with E-state index in [4.69, 9.17) is 9.47 Å². The lowest BCUT2D eigenvalue weighted by molar-refractivity contribution is -0.160. The van der Waals surface area contributed by atoms with Crippen LogP contribution in [0.25, 0.3) is 0 Å². The number of amides is 2. The molecule has 1 N–H and O–H groups in total. The summed E-state index contributed by atoms with van der Waals surface area (Å²) in [6, 6.07) is 17.5. The number of carbonyl (C=O) groups is 3. The number of hydrogen-bond donors (Lipinski definition) is 1. The first-order valence-corrected chi connectivity index (χ1v) is 13.4. The van der Waals surface area contributed by atoms with Gasteiger partial charge in [0.05, 0.1) is 24.2 Å².